The lowest BCUT2D eigenvalue weighted by molar-refractivity contribution is -0.0716. The zero-order valence-corrected chi connectivity index (χ0v) is 9.90. The summed E-state index contributed by atoms with van der Waals surface area (Å²) in [5.74, 6) is -5.41. The highest BCUT2D eigenvalue weighted by atomic mass is 35.5. The Kier molecular flexibility index (Phi) is 5.54. The van der Waals surface area contributed by atoms with E-state index in [0.29, 0.717) is 0 Å². The molecule has 0 saturated carbocycles. The van der Waals surface area contributed by atoms with E-state index in [9.17, 15) is 18.3 Å². The van der Waals surface area contributed by atoms with E-state index >= 15 is 0 Å². The normalized spacial score (nSPS) is 13.1. The van der Waals surface area contributed by atoms with Gasteiger partial charge in [0.05, 0.1) is 0 Å². The van der Waals surface area contributed by atoms with Crippen LogP contribution >= 0.6 is 24.0 Å². The number of aliphatic hydroxyl groups is 1. The Labute approximate surface area is 106 Å². The first-order valence-corrected chi connectivity index (χ1v) is 4.60. The lowest BCUT2D eigenvalue weighted by Gasteiger charge is -2.22. The number of phenols is 1. The largest absolute Gasteiger partial charge is 0.506 e. The van der Waals surface area contributed by atoms with Crippen LogP contribution in [0, 0.1) is 5.82 Å². The summed E-state index contributed by atoms with van der Waals surface area (Å²) < 4.78 is 38.9. The van der Waals surface area contributed by atoms with E-state index in [1.165, 1.54) is 0 Å². The van der Waals surface area contributed by atoms with Gasteiger partial charge in [0.2, 0.25) is 0 Å². The SMILES string of the molecule is Cl.N[C@@H](c1ccc(F)c(Cl)c1O)C(F)(F)CO. The van der Waals surface area contributed by atoms with Gasteiger partial charge < -0.3 is 15.9 Å². The van der Waals surface area contributed by atoms with E-state index in [4.69, 9.17) is 22.4 Å². The molecule has 0 spiro atoms. The minimum atomic E-state index is -3.63. The molecule has 1 aromatic rings. The number of nitrogens with two attached hydrogens (primary N) is 1. The molecule has 0 aliphatic carbocycles. The van der Waals surface area contributed by atoms with Crippen LogP contribution < -0.4 is 5.73 Å². The van der Waals surface area contributed by atoms with Crippen molar-refractivity contribution in [2.75, 3.05) is 6.61 Å². The number of halogens is 5. The fraction of sp³-hybridized carbons (Fsp3) is 0.333. The maximum Gasteiger partial charge on any atom is 0.289 e. The lowest BCUT2D eigenvalue weighted by atomic mass is 10.0. The zero-order valence-electron chi connectivity index (χ0n) is 8.33. The molecule has 4 N–H and O–H groups in total. The molecular formula is C9H10Cl2F3NO2. The van der Waals surface area contributed by atoms with E-state index in [-0.39, 0.29) is 12.4 Å². The van der Waals surface area contributed by atoms with Gasteiger partial charge >= 0.3 is 0 Å². The van der Waals surface area contributed by atoms with E-state index in [1.807, 2.05) is 0 Å². The van der Waals surface area contributed by atoms with E-state index in [0.717, 1.165) is 12.1 Å². The average Bonchev–Trinajstić information content (AvgIpc) is 2.25. The highest BCUT2D eigenvalue weighted by Crippen LogP contribution is 2.38. The molecule has 0 unspecified atom stereocenters. The molecule has 0 saturated heterocycles. The van der Waals surface area contributed by atoms with Crippen LogP contribution in [-0.2, 0) is 0 Å². The van der Waals surface area contributed by atoms with Crippen LogP contribution in [0.2, 0.25) is 5.02 Å². The molecule has 1 aromatic carbocycles. The predicted octanol–water partition coefficient (Wildman–Crippen LogP) is 2.23. The molecule has 0 fully saturated rings. The Hall–Kier alpha value is -0.690. The fourth-order valence-electron chi connectivity index (χ4n) is 1.13. The minimum absolute atomic E-state index is 0. The summed E-state index contributed by atoms with van der Waals surface area (Å²) in [5.41, 5.74) is 4.73. The third-order valence-corrected chi connectivity index (χ3v) is 2.46. The molecule has 0 aliphatic rings. The first-order valence-electron chi connectivity index (χ1n) is 4.22. The summed E-state index contributed by atoms with van der Waals surface area (Å²) in [5, 5.41) is 17.1. The number of hydrogen-bond donors (Lipinski definition) is 3. The standard InChI is InChI=1S/C9H9ClF3NO2.ClH/c10-6-5(11)2-1-4(7(6)16)8(14)9(12,13)3-15;/h1-2,8,15-16H,3,14H2;1H/t8-;/m0./s1. The van der Waals surface area contributed by atoms with Crippen LogP contribution in [-0.4, -0.2) is 22.7 Å². The van der Waals surface area contributed by atoms with Crippen molar-refractivity contribution < 1.29 is 23.4 Å². The maximum atomic E-state index is 13.0. The average molecular weight is 292 g/mol. The van der Waals surface area contributed by atoms with Crippen molar-refractivity contribution in [3.8, 4) is 5.75 Å². The summed E-state index contributed by atoms with van der Waals surface area (Å²) in [6.45, 7) is -1.48. The summed E-state index contributed by atoms with van der Waals surface area (Å²) in [6.07, 6.45) is 0. The molecule has 0 heterocycles. The molecule has 0 aliphatic heterocycles. The second kappa shape index (κ2) is 5.77. The number of hydrogen-bond acceptors (Lipinski definition) is 3. The predicted molar refractivity (Wildman–Crippen MR) is 59.3 cm³/mol. The molecule has 1 atom stereocenters. The highest BCUT2D eigenvalue weighted by Gasteiger charge is 2.39. The van der Waals surface area contributed by atoms with Crippen LogP contribution in [0.5, 0.6) is 5.75 Å². The third kappa shape index (κ3) is 3.16. The molecule has 98 valence electrons. The monoisotopic (exact) mass is 291 g/mol. The number of phenolic OH excluding ortho intramolecular Hbond substituents is 1. The van der Waals surface area contributed by atoms with Crippen molar-refractivity contribution in [2.45, 2.75) is 12.0 Å². The van der Waals surface area contributed by atoms with Gasteiger partial charge in [-0.2, -0.15) is 0 Å². The summed E-state index contributed by atoms with van der Waals surface area (Å²) in [7, 11) is 0. The van der Waals surface area contributed by atoms with Gasteiger partial charge in [-0.3, -0.25) is 0 Å². The van der Waals surface area contributed by atoms with Crippen molar-refractivity contribution in [2.24, 2.45) is 5.73 Å². The maximum absolute atomic E-state index is 13.0. The van der Waals surface area contributed by atoms with Gasteiger partial charge in [0.1, 0.15) is 29.2 Å². The number of benzene rings is 1. The molecule has 1 rings (SSSR count). The van der Waals surface area contributed by atoms with Crippen LogP contribution in [0.1, 0.15) is 11.6 Å². The van der Waals surface area contributed by atoms with Crippen LogP contribution in [0.25, 0.3) is 0 Å². The third-order valence-electron chi connectivity index (χ3n) is 2.10. The van der Waals surface area contributed by atoms with Gasteiger partial charge in [-0.25, -0.2) is 13.2 Å². The summed E-state index contributed by atoms with van der Waals surface area (Å²) in [6, 6.07) is -0.259. The van der Waals surface area contributed by atoms with Gasteiger partial charge in [-0.15, -0.1) is 12.4 Å². The van der Waals surface area contributed by atoms with Gasteiger partial charge in [0, 0.05) is 5.56 Å². The first kappa shape index (κ1) is 16.3. The topological polar surface area (TPSA) is 66.5 Å². The Morgan fingerprint density at radius 2 is 1.94 bits per heavy atom. The second-order valence-corrected chi connectivity index (χ2v) is 3.57. The molecule has 3 nitrogen and oxygen atoms in total. The highest BCUT2D eigenvalue weighted by molar-refractivity contribution is 6.32. The molecule has 8 heteroatoms. The molecule has 0 amide bonds. The van der Waals surface area contributed by atoms with E-state index < -0.39 is 40.7 Å². The molecule has 17 heavy (non-hydrogen) atoms. The van der Waals surface area contributed by atoms with Crippen LogP contribution in [0.15, 0.2) is 12.1 Å². The second-order valence-electron chi connectivity index (χ2n) is 3.20. The van der Waals surface area contributed by atoms with Crippen molar-refractivity contribution in [1.82, 2.24) is 0 Å². The van der Waals surface area contributed by atoms with Crippen molar-refractivity contribution in [3.63, 3.8) is 0 Å². The minimum Gasteiger partial charge on any atom is -0.506 e. The summed E-state index contributed by atoms with van der Waals surface area (Å²) >= 11 is 5.33. The summed E-state index contributed by atoms with van der Waals surface area (Å²) in [4.78, 5) is 0. The quantitative estimate of drug-likeness (QED) is 0.800. The van der Waals surface area contributed by atoms with Gasteiger partial charge in [0.15, 0.2) is 0 Å². The molecule has 0 radical (unpaired) electrons. The number of aromatic hydroxyl groups is 1. The Balaban J connectivity index is 0.00000256. The van der Waals surface area contributed by atoms with Crippen LogP contribution in [0.3, 0.4) is 0 Å². The Morgan fingerprint density at radius 3 is 2.41 bits per heavy atom. The first-order chi connectivity index (χ1) is 7.31. The van der Waals surface area contributed by atoms with E-state index in [2.05, 4.69) is 0 Å². The van der Waals surface area contributed by atoms with Crippen LogP contribution in [0.4, 0.5) is 13.2 Å². The van der Waals surface area contributed by atoms with Gasteiger partial charge in [-0.05, 0) is 6.07 Å². The molecule has 0 aromatic heterocycles. The van der Waals surface area contributed by atoms with Gasteiger partial charge in [0.25, 0.3) is 5.92 Å². The van der Waals surface area contributed by atoms with Crippen molar-refractivity contribution >= 4 is 24.0 Å². The fourth-order valence-corrected chi connectivity index (χ4v) is 1.30. The Morgan fingerprint density at radius 1 is 1.41 bits per heavy atom. The van der Waals surface area contributed by atoms with Crippen molar-refractivity contribution in [1.29, 1.82) is 0 Å². The zero-order chi connectivity index (χ0) is 12.5. The van der Waals surface area contributed by atoms with E-state index in [1.54, 1.807) is 0 Å². The number of aliphatic hydroxyl groups excluding tert-OH is 1. The number of alkyl halides is 2. The smallest absolute Gasteiger partial charge is 0.289 e. The lowest BCUT2D eigenvalue weighted by Crippen LogP contribution is -2.36. The number of rotatable bonds is 3. The Bertz CT molecular complexity index is 404. The molecular weight excluding hydrogens is 282 g/mol. The van der Waals surface area contributed by atoms with Gasteiger partial charge in [-0.1, -0.05) is 17.7 Å². The van der Waals surface area contributed by atoms with Crippen molar-refractivity contribution in [3.05, 3.63) is 28.5 Å². The molecule has 0 bridgehead atoms.